The van der Waals surface area contributed by atoms with E-state index in [1.807, 2.05) is 13.0 Å². The smallest absolute Gasteiger partial charge is 0.161 e. The Labute approximate surface area is 112 Å². The molecule has 0 radical (unpaired) electrons. The maximum Gasteiger partial charge on any atom is 0.161 e. The first-order valence-electron chi connectivity index (χ1n) is 5.88. The molecular formula is C14H16ClN3. The molecule has 2 aromatic rings. The van der Waals surface area contributed by atoms with Crippen molar-refractivity contribution in [2.45, 2.75) is 26.7 Å². The molecule has 0 unspecified atom stereocenters. The number of halogens is 1. The van der Waals surface area contributed by atoms with E-state index in [2.05, 4.69) is 23.8 Å². The second-order valence-electron chi connectivity index (χ2n) is 4.64. The van der Waals surface area contributed by atoms with Crippen LogP contribution in [0.5, 0.6) is 0 Å². The predicted molar refractivity (Wildman–Crippen MR) is 75.7 cm³/mol. The van der Waals surface area contributed by atoms with Gasteiger partial charge in [0.2, 0.25) is 0 Å². The van der Waals surface area contributed by atoms with E-state index in [1.165, 1.54) is 0 Å². The fourth-order valence-electron chi connectivity index (χ4n) is 1.73. The molecule has 2 N–H and O–H groups in total. The van der Waals surface area contributed by atoms with Gasteiger partial charge in [-0.25, -0.2) is 9.97 Å². The summed E-state index contributed by atoms with van der Waals surface area (Å²) in [5, 5.41) is 0.635. The van der Waals surface area contributed by atoms with Crippen LogP contribution in [-0.2, 0) is 0 Å². The zero-order valence-electron chi connectivity index (χ0n) is 10.7. The van der Waals surface area contributed by atoms with E-state index in [-0.39, 0.29) is 0 Å². The van der Waals surface area contributed by atoms with Crippen LogP contribution in [0.1, 0.15) is 31.2 Å². The zero-order valence-corrected chi connectivity index (χ0v) is 11.5. The number of anilines is 1. The standard InChI is InChI=1S/C14H16ClN3/c1-8(2)13-6-9(3)17-14(18-13)11-7-10(15)4-5-12(11)16/h4-8H,16H2,1-3H3. The molecule has 1 heterocycles. The van der Waals surface area contributed by atoms with Crippen molar-refractivity contribution < 1.29 is 0 Å². The Bertz CT molecular complexity index is 579. The van der Waals surface area contributed by atoms with Crippen LogP contribution in [0.15, 0.2) is 24.3 Å². The summed E-state index contributed by atoms with van der Waals surface area (Å²) >= 11 is 6.00. The number of nitrogen functional groups attached to an aromatic ring is 1. The van der Waals surface area contributed by atoms with Crippen LogP contribution >= 0.6 is 11.6 Å². The molecule has 1 aromatic heterocycles. The van der Waals surface area contributed by atoms with E-state index in [4.69, 9.17) is 17.3 Å². The van der Waals surface area contributed by atoms with Gasteiger partial charge in [-0.15, -0.1) is 0 Å². The Morgan fingerprint density at radius 2 is 1.89 bits per heavy atom. The van der Waals surface area contributed by atoms with Crippen LogP contribution in [-0.4, -0.2) is 9.97 Å². The molecule has 0 atom stereocenters. The molecule has 4 heteroatoms. The highest BCUT2D eigenvalue weighted by Gasteiger charge is 2.10. The van der Waals surface area contributed by atoms with E-state index in [0.717, 1.165) is 17.0 Å². The average molecular weight is 262 g/mol. The lowest BCUT2D eigenvalue weighted by molar-refractivity contribution is 0.812. The van der Waals surface area contributed by atoms with E-state index >= 15 is 0 Å². The summed E-state index contributed by atoms with van der Waals surface area (Å²) in [4.78, 5) is 8.99. The first kappa shape index (κ1) is 12.8. The van der Waals surface area contributed by atoms with Gasteiger partial charge < -0.3 is 5.73 Å². The highest BCUT2D eigenvalue weighted by atomic mass is 35.5. The van der Waals surface area contributed by atoms with Gasteiger partial charge >= 0.3 is 0 Å². The Morgan fingerprint density at radius 1 is 1.17 bits per heavy atom. The quantitative estimate of drug-likeness (QED) is 0.837. The Hall–Kier alpha value is -1.61. The van der Waals surface area contributed by atoms with Gasteiger partial charge in [0, 0.05) is 27.7 Å². The summed E-state index contributed by atoms with van der Waals surface area (Å²) < 4.78 is 0. The largest absolute Gasteiger partial charge is 0.398 e. The Balaban J connectivity index is 2.60. The first-order chi connectivity index (χ1) is 8.47. The van der Waals surface area contributed by atoms with Crippen LogP contribution < -0.4 is 5.73 Å². The van der Waals surface area contributed by atoms with Crippen molar-refractivity contribution >= 4 is 17.3 Å². The normalized spacial score (nSPS) is 10.9. The summed E-state index contributed by atoms with van der Waals surface area (Å²) in [7, 11) is 0. The molecule has 0 fully saturated rings. The lowest BCUT2D eigenvalue weighted by Gasteiger charge is -2.10. The van der Waals surface area contributed by atoms with Gasteiger partial charge in [-0.2, -0.15) is 0 Å². The van der Waals surface area contributed by atoms with Gasteiger partial charge in [0.1, 0.15) is 0 Å². The maximum absolute atomic E-state index is 6.00. The van der Waals surface area contributed by atoms with Crippen LogP contribution in [0.25, 0.3) is 11.4 Å². The lowest BCUT2D eigenvalue weighted by atomic mass is 10.1. The minimum absolute atomic E-state index is 0.353. The van der Waals surface area contributed by atoms with Gasteiger partial charge in [0.25, 0.3) is 0 Å². The average Bonchev–Trinajstić information content (AvgIpc) is 2.31. The molecule has 0 amide bonds. The summed E-state index contributed by atoms with van der Waals surface area (Å²) in [6.45, 7) is 6.16. The van der Waals surface area contributed by atoms with E-state index in [9.17, 15) is 0 Å². The molecular weight excluding hydrogens is 246 g/mol. The van der Waals surface area contributed by atoms with Crippen molar-refractivity contribution in [3.63, 3.8) is 0 Å². The highest BCUT2D eigenvalue weighted by Crippen LogP contribution is 2.27. The molecule has 2 rings (SSSR count). The lowest BCUT2D eigenvalue weighted by Crippen LogP contribution is -2.01. The van der Waals surface area contributed by atoms with E-state index in [1.54, 1.807) is 18.2 Å². The number of nitrogens with two attached hydrogens (primary N) is 1. The molecule has 1 aromatic carbocycles. The monoisotopic (exact) mass is 261 g/mol. The molecule has 0 saturated carbocycles. The number of benzene rings is 1. The topological polar surface area (TPSA) is 51.8 Å². The van der Waals surface area contributed by atoms with Crippen LogP contribution in [0.4, 0.5) is 5.69 Å². The third-order valence-corrected chi connectivity index (χ3v) is 2.96. The summed E-state index contributed by atoms with van der Waals surface area (Å²) in [5.41, 5.74) is 9.33. The molecule has 0 aliphatic heterocycles. The number of hydrogen-bond acceptors (Lipinski definition) is 3. The third-order valence-electron chi connectivity index (χ3n) is 2.72. The first-order valence-corrected chi connectivity index (χ1v) is 6.26. The predicted octanol–water partition coefficient (Wildman–Crippen LogP) is 3.81. The fraction of sp³-hybridized carbons (Fsp3) is 0.286. The second-order valence-corrected chi connectivity index (χ2v) is 5.08. The van der Waals surface area contributed by atoms with Crippen molar-refractivity contribution in [3.8, 4) is 11.4 Å². The molecule has 0 spiro atoms. The van der Waals surface area contributed by atoms with Crippen molar-refractivity contribution in [1.82, 2.24) is 9.97 Å². The number of aromatic nitrogens is 2. The van der Waals surface area contributed by atoms with Crippen molar-refractivity contribution in [3.05, 3.63) is 40.7 Å². The Kier molecular flexibility index (Phi) is 3.53. The van der Waals surface area contributed by atoms with Crippen molar-refractivity contribution in [2.24, 2.45) is 0 Å². The van der Waals surface area contributed by atoms with E-state index < -0.39 is 0 Å². The van der Waals surface area contributed by atoms with Crippen molar-refractivity contribution in [2.75, 3.05) is 5.73 Å². The minimum Gasteiger partial charge on any atom is -0.398 e. The van der Waals surface area contributed by atoms with Gasteiger partial charge in [-0.3, -0.25) is 0 Å². The number of rotatable bonds is 2. The zero-order chi connectivity index (χ0) is 13.3. The number of aryl methyl sites for hydroxylation is 1. The summed E-state index contributed by atoms with van der Waals surface area (Å²) in [6, 6.07) is 7.34. The second kappa shape index (κ2) is 4.94. The van der Waals surface area contributed by atoms with E-state index in [0.29, 0.717) is 22.5 Å². The Morgan fingerprint density at radius 3 is 2.56 bits per heavy atom. The molecule has 18 heavy (non-hydrogen) atoms. The fourth-order valence-corrected chi connectivity index (χ4v) is 1.90. The number of hydrogen-bond donors (Lipinski definition) is 1. The molecule has 0 bridgehead atoms. The van der Waals surface area contributed by atoms with Gasteiger partial charge in [-0.1, -0.05) is 25.4 Å². The van der Waals surface area contributed by atoms with Crippen LogP contribution in [0, 0.1) is 6.92 Å². The molecule has 94 valence electrons. The number of nitrogens with zero attached hydrogens (tertiary/aromatic N) is 2. The van der Waals surface area contributed by atoms with Crippen molar-refractivity contribution in [1.29, 1.82) is 0 Å². The van der Waals surface area contributed by atoms with Gasteiger partial charge in [0.05, 0.1) is 0 Å². The SMILES string of the molecule is Cc1cc(C(C)C)nc(-c2cc(Cl)ccc2N)n1. The molecule has 0 aliphatic carbocycles. The molecule has 0 saturated heterocycles. The van der Waals surface area contributed by atoms with Crippen LogP contribution in [0.2, 0.25) is 5.02 Å². The van der Waals surface area contributed by atoms with Gasteiger partial charge in [-0.05, 0) is 37.1 Å². The summed E-state index contributed by atoms with van der Waals surface area (Å²) in [5.74, 6) is 0.990. The third kappa shape index (κ3) is 2.62. The molecule has 3 nitrogen and oxygen atoms in total. The van der Waals surface area contributed by atoms with Crippen LogP contribution in [0.3, 0.4) is 0 Å². The highest BCUT2D eigenvalue weighted by molar-refractivity contribution is 6.31. The maximum atomic E-state index is 6.00. The molecule has 0 aliphatic rings. The minimum atomic E-state index is 0.353. The summed E-state index contributed by atoms with van der Waals surface area (Å²) in [6.07, 6.45) is 0. The van der Waals surface area contributed by atoms with Gasteiger partial charge in [0.15, 0.2) is 5.82 Å².